The van der Waals surface area contributed by atoms with E-state index in [1.54, 1.807) is 11.3 Å². The molecular formula is C16H19BrClNOS. The van der Waals surface area contributed by atoms with E-state index in [0.717, 1.165) is 37.8 Å². The lowest BCUT2D eigenvalue weighted by Crippen LogP contribution is -2.22. The van der Waals surface area contributed by atoms with Gasteiger partial charge in [-0.25, -0.2) is 0 Å². The molecule has 0 radical (unpaired) electrons. The van der Waals surface area contributed by atoms with Crippen LogP contribution in [0.25, 0.3) is 0 Å². The van der Waals surface area contributed by atoms with Gasteiger partial charge in [-0.05, 0) is 49.5 Å². The Morgan fingerprint density at radius 2 is 2.14 bits per heavy atom. The van der Waals surface area contributed by atoms with Gasteiger partial charge in [0.05, 0.1) is 17.7 Å². The maximum atomic E-state index is 6.48. The zero-order valence-electron chi connectivity index (χ0n) is 12.4. The van der Waals surface area contributed by atoms with Gasteiger partial charge in [0.25, 0.3) is 0 Å². The third-order valence-electron chi connectivity index (χ3n) is 3.18. The first kappa shape index (κ1) is 16.8. The molecular weight excluding hydrogens is 370 g/mol. The van der Waals surface area contributed by atoms with Crippen molar-refractivity contribution in [1.29, 1.82) is 0 Å². The fourth-order valence-electron chi connectivity index (χ4n) is 2.22. The van der Waals surface area contributed by atoms with Gasteiger partial charge in [-0.1, -0.05) is 34.5 Å². The number of rotatable bonds is 6. The van der Waals surface area contributed by atoms with Gasteiger partial charge in [0, 0.05) is 14.9 Å². The number of nitrogens with one attached hydrogen (secondary N) is 1. The van der Waals surface area contributed by atoms with Gasteiger partial charge in [-0.3, -0.25) is 0 Å². The zero-order valence-corrected chi connectivity index (χ0v) is 15.5. The Kier molecular flexibility index (Phi) is 6.11. The maximum Gasteiger partial charge on any atom is 0.124 e. The smallest absolute Gasteiger partial charge is 0.124 e. The Morgan fingerprint density at radius 3 is 2.71 bits per heavy atom. The number of benzene rings is 1. The van der Waals surface area contributed by atoms with E-state index in [0.29, 0.717) is 6.61 Å². The molecule has 114 valence electrons. The van der Waals surface area contributed by atoms with Crippen molar-refractivity contribution in [3.8, 4) is 5.75 Å². The fraction of sp³-hybridized carbons (Fsp3) is 0.375. The first-order valence-electron chi connectivity index (χ1n) is 6.97. The molecule has 1 unspecified atom stereocenters. The van der Waals surface area contributed by atoms with Crippen molar-refractivity contribution in [2.75, 3.05) is 13.2 Å². The number of halogens is 2. The Bertz CT molecular complexity index is 614. The van der Waals surface area contributed by atoms with E-state index in [-0.39, 0.29) is 6.04 Å². The second-order valence-corrected chi connectivity index (χ2v) is 6.91. The molecule has 21 heavy (non-hydrogen) atoms. The lowest BCUT2D eigenvalue weighted by atomic mass is 10.0. The van der Waals surface area contributed by atoms with Crippen LogP contribution in [0.1, 0.15) is 35.9 Å². The summed E-state index contributed by atoms with van der Waals surface area (Å²) in [5.74, 6) is 0.897. The van der Waals surface area contributed by atoms with Crippen LogP contribution in [0.4, 0.5) is 0 Å². The van der Waals surface area contributed by atoms with Crippen molar-refractivity contribution in [2.45, 2.75) is 26.8 Å². The van der Waals surface area contributed by atoms with Crippen molar-refractivity contribution in [3.63, 3.8) is 0 Å². The molecule has 0 amide bonds. The normalized spacial score (nSPS) is 12.4. The molecule has 1 N–H and O–H groups in total. The van der Waals surface area contributed by atoms with Crippen LogP contribution in [0.5, 0.6) is 5.75 Å². The van der Waals surface area contributed by atoms with Crippen LogP contribution in [0.3, 0.4) is 0 Å². The number of hydrogen-bond donors (Lipinski definition) is 1. The topological polar surface area (TPSA) is 21.3 Å². The average Bonchev–Trinajstić information content (AvgIpc) is 2.79. The SMILES string of the molecule is CCNC(c1cc(Br)ccc1OCC)c1scc(C)c1Cl. The lowest BCUT2D eigenvalue weighted by Gasteiger charge is -2.21. The summed E-state index contributed by atoms with van der Waals surface area (Å²) >= 11 is 11.7. The summed E-state index contributed by atoms with van der Waals surface area (Å²) in [6, 6.07) is 6.14. The molecule has 1 atom stereocenters. The molecule has 2 nitrogen and oxygen atoms in total. The van der Waals surface area contributed by atoms with Crippen molar-refractivity contribution >= 4 is 38.9 Å². The van der Waals surface area contributed by atoms with Crippen molar-refractivity contribution in [2.24, 2.45) is 0 Å². The summed E-state index contributed by atoms with van der Waals surface area (Å²) in [4.78, 5) is 1.13. The highest BCUT2D eigenvalue weighted by molar-refractivity contribution is 9.10. The average molecular weight is 389 g/mol. The number of aryl methyl sites for hydroxylation is 1. The van der Waals surface area contributed by atoms with E-state index in [1.807, 2.05) is 26.0 Å². The first-order valence-corrected chi connectivity index (χ1v) is 9.02. The maximum absolute atomic E-state index is 6.48. The van der Waals surface area contributed by atoms with Gasteiger partial charge in [0.15, 0.2) is 0 Å². The van der Waals surface area contributed by atoms with E-state index in [9.17, 15) is 0 Å². The number of ether oxygens (including phenoxy) is 1. The summed E-state index contributed by atoms with van der Waals surface area (Å²) in [6.45, 7) is 7.63. The van der Waals surface area contributed by atoms with Crippen LogP contribution in [-0.2, 0) is 0 Å². The predicted molar refractivity (Wildman–Crippen MR) is 94.9 cm³/mol. The standard InChI is InChI=1S/C16H19BrClNOS/c1-4-19-15(16-14(18)10(3)9-21-16)12-8-11(17)6-7-13(12)20-5-2/h6-9,15,19H,4-5H2,1-3H3. The molecule has 0 saturated carbocycles. The van der Waals surface area contributed by atoms with Gasteiger partial charge in [-0.2, -0.15) is 0 Å². The largest absolute Gasteiger partial charge is 0.494 e. The summed E-state index contributed by atoms with van der Waals surface area (Å²) in [6.07, 6.45) is 0. The molecule has 0 aliphatic rings. The highest BCUT2D eigenvalue weighted by Crippen LogP contribution is 2.39. The molecule has 0 aliphatic heterocycles. The molecule has 0 aliphatic carbocycles. The van der Waals surface area contributed by atoms with E-state index in [4.69, 9.17) is 16.3 Å². The van der Waals surface area contributed by atoms with Gasteiger partial charge in [-0.15, -0.1) is 11.3 Å². The second kappa shape index (κ2) is 7.63. The molecule has 5 heteroatoms. The van der Waals surface area contributed by atoms with Gasteiger partial charge in [0.1, 0.15) is 5.75 Å². The Hall–Kier alpha value is -0.550. The third-order valence-corrected chi connectivity index (χ3v) is 5.45. The van der Waals surface area contributed by atoms with Gasteiger partial charge >= 0.3 is 0 Å². The monoisotopic (exact) mass is 387 g/mol. The van der Waals surface area contributed by atoms with Crippen molar-refractivity contribution in [1.82, 2.24) is 5.32 Å². The quantitative estimate of drug-likeness (QED) is 0.698. The molecule has 1 heterocycles. The van der Waals surface area contributed by atoms with E-state index in [2.05, 4.69) is 39.6 Å². The van der Waals surface area contributed by atoms with Gasteiger partial charge in [0.2, 0.25) is 0 Å². The van der Waals surface area contributed by atoms with Crippen LogP contribution in [0.2, 0.25) is 5.02 Å². The highest BCUT2D eigenvalue weighted by Gasteiger charge is 2.22. The Labute approximate surface area is 143 Å². The summed E-state index contributed by atoms with van der Waals surface area (Å²) < 4.78 is 6.82. The van der Waals surface area contributed by atoms with Crippen LogP contribution in [0, 0.1) is 6.92 Å². The second-order valence-electron chi connectivity index (χ2n) is 4.70. The van der Waals surface area contributed by atoms with Crippen molar-refractivity contribution < 1.29 is 4.74 Å². The lowest BCUT2D eigenvalue weighted by molar-refractivity contribution is 0.333. The molecule has 1 aromatic heterocycles. The van der Waals surface area contributed by atoms with Crippen molar-refractivity contribution in [3.05, 3.63) is 49.1 Å². The zero-order chi connectivity index (χ0) is 15.4. The molecule has 2 rings (SSSR count). The molecule has 1 aromatic carbocycles. The van der Waals surface area contributed by atoms with Crippen LogP contribution in [-0.4, -0.2) is 13.2 Å². The Morgan fingerprint density at radius 1 is 1.38 bits per heavy atom. The van der Waals surface area contributed by atoms with Gasteiger partial charge < -0.3 is 10.1 Å². The van der Waals surface area contributed by atoms with Crippen LogP contribution in [0.15, 0.2) is 28.1 Å². The molecule has 0 fully saturated rings. The molecule has 2 aromatic rings. The van der Waals surface area contributed by atoms with Crippen LogP contribution < -0.4 is 10.1 Å². The summed E-state index contributed by atoms with van der Waals surface area (Å²) in [5, 5.41) is 6.46. The minimum absolute atomic E-state index is 0.0419. The highest BCUT2D eigenvalue weighted by atomic mass is 79.9. The molecule has 0 saturated heterocycles. The Balaban J connectivity index is 2.52. The summed E-state index contributed by atoms with van der Waals surface area (Å²) in [7, 11) is 0. The number of hydrogen-bond acceptors (Lipinski definition) is 3. The van der Waals surface area contributed by atoms with E-state index < -0.39 is 0 Å². The van der Waals surface area contributed by atoms with E-state index in [1.165, 1.54) is 0 Å². The van der Waals surface area contributed by atoms with E-state index >= 15 is 0 Å². The molecule has 0 spiro atoms. The molecule has 0 bridgehead atoms. The summed E-state index contributed by atoms with van der Waals surface area (Å²) in [5.41, 5.74) is 2.23. The fourth-order valence-corrected chi connectivity index (χ4v) is 4.00. The minimum Gasteiger partial charge on any atom is -0.494 e. The minimum atomic E-state index is 0.0419. The predicted octanol–water partition coefficient (Wildman–Crippen LogP) is 5.57. The number of thiophene rings is 1. The third kappa shape index (κ3) is 3.81. The van der Waals surface area contributed by atoms with Crippen LogP contribution >= 0.6 is 38.9 Å². The first-order chi connectivity index (χ1) is 10.1.